The lowest BCUT2D eigenvalue weighted by atomic mass is 9.70. The number of hydrogen-bond donors (Lipinski definition) is 3. The Balaban J connectivity index is 1.47. The SMILES string of the molecule is CCCCCCCCOc1ccc(CCC(N)(CO)CO)cc1C12CC3CC(CC1C3)C2. The van der Waals surface area contributed by atoms with Gasteiger partial charge in [0, 0.05) is 11.0 Å². The zero-order valence-electron chi connectivity index (χ0n) is 20.2. The summed E-state index contributed by atoms with van der Waals surface area (Å²) in [5, 5.41) is 19.1. The Morgan fingerprint density at radius 2 is 1.69 bits per heavy atom. The normalized spacial score (nSPS) is 28.6. The highest BCUT2D eigenvalue weighted by Crippen LogP contribution is 2.67. The van der Waals surface area contributed by atoms with Gasteiger partial charge in [0.25, 0.3) is 0 Å². The Labute approximate surface area is 194 Å². The van der Waals surface area contributed by atoms with Crippen LogP contribution in [-0.4, -0.2) is 35.6 Å². The van der Waals surface area contributed by atoms with E-state index < -0.39 is 5.54 Å². The Morgan fingerprint density at radius 3 is 2.38 bits per heavy atom. The van der Waals surface area contributed by atoms with E-state index in [4.69, 9.17) is 10.5 Å². The highest BCUT2D eigenvalue weighted by molar-refractivity contribution is 5.46. The van der Waals surface area contributed by atoms with Crippen LogP contribution in [0.1, 0.15) is 95.1 Å². The fourth-order valence-electron chi connectivity index (χ4n) is 7.15. The number of aliphatic hydroxyl groups is 2. The molecule has 4 N–H and O–H groups in total. The third-order valence-corrected chi connectivity index (χ3v) is 8.87. The average Bonchev–Trinajstić information content (AvgIpc) is 3.21. The van der Waals surface area contributed by atoms with Gasteiger partial charge in [0.1, 0.15) is 5.75 Å². The largest absolute Gasteiger partial charge is 0.493 e. The van der Waals surface area contributed by atoms with E-state index in [2.05, 4.69) is 25.1 Å². The molecule has 0 radical (unpaired) electrons. The summed E-state index contributed by atoms with van der Waals surface area (Å²) < 4.78 is 6.45. The molecule has 1 aromatic carbocycles. The first-order valence-electron chi connectivity index (χ1n) is 13.3. The van der Waals surface area contributed by atoms with Crippen molar-refractivity contribution in [3.63, 3.8) is 0 Å². The molecule has 4 aliphatic carbocycles. The summed E-state index contributed by atoms with van der Waals surface area (Å²) in [5.41, 5.74) is 8.25. The molecule has 2 unspecified atom stereocenters. The molecule has 4 aliphatic rings. The van der Waals surface area contributed by atoms with Gasteiger partial charge < -0.3 is 20.7 Å². The predicted octanol–water partition coefficient (Wildman–Crippen LogP) is 5.12. The van der Waals surface area contributed by atoms with Crippen LogP contribution in [0.15, 0.2) is 18.2 Å². The zero-order chi connectivity index (χ0) is 22.6. The third kappa shape index (κ3) is 5.03. The predicted molar refractivity (Wildman–Crippen MR) is 130 cm³/mol. The Hall–Kier alpha value is -1.10. The number of nitrogens with two attached hydrogens (primary N) is 1. The molecule has 180 valence electrons. The highest BCUT2D eigenvalue weighted by Gasteiger charge is 2.59. The molecule has 4 heteroatoms. The maximum atomic E-state index is 9.57. The number of rotatable bonds is 14. The van der Waals surface area contributed by atoms with Crippen molar-refractivity contribution in [2.75, 3.05) is 19.8 Å². The van der Waals surface area contributed by atoms with Crippen LogP contribution in [0.4, 0.5) is 0 Å². The molecule has 4 fully saturated rings. The topological polar surface area (TPSA) is 75.7 Å². The third-order valence-electron chi connectivity index (χ3n) is 8.87. The maximum Gasteiger partial charge on any atom is 0.123 e. The molecular formula is C28H45NO3. The van der Waals surface area contributed by atoms with Crippen molar-refractivity contribution >= 4 is 0 Å². The molecule has 0 aromatic heterocycles. The summed E-state index contributed by atoms with van der Waals surface area (Å²) >= 11 is 0. The molecule has 0 aliphatic heterocycles. The fourth-order valence-corrected chi connectivity index (χ4v) is 7.15. The highest BCUT2D eigenvalue weighted by atomic mass is 16.5. The number of benzene rings is 1. The van der Waals surface area contributed by atoms with Crippen molar-refractivity contribution < 1.29 is 14.9 Å². The molecule has 0 saturated heterocycles. The molecule has 0 amide bonds. The number of aryl methyl sites for hydroxylation is 1. The van der Waals surface area contributed by atoms with Crippen molar-refractivity contribution in [1.82, 2.24) is 0 Å². The minimum atomic E-state index is -0.906. The van der Waals surface area contributed by atoms with Gasteiger partial charge in [0.05, 0.1) is 25.4 Å². The van der Waals surface area contributed by atoms with E-state index in [1.165, 1.54) is 75.3 Å². The second kappa shape index (κ2) is 10.4. The van der Waals surface area contributed by atoms with Gasteiger partial charge in [0.15, 0.2) is 0 Å². The molecule has 4 bridgehead atoms. The summed E-state index contributed by atoms with van der Waals surface area (Å²) in [5.74, 6) is 3.74. The second-order valence-electron chi connectivity index (χ2n) is 11.3. The minimum Gasteiger partial charge on any atom is -0.493 e. The van der Waals surface area contributed by atoms with Gasteiger partial charge in [-0.1, -0.05) is 51.2 Å². The van der Waals surface area contributed by atoms with Gasteiger partial charge >= 0.3 is 0 Å². The summed E-state index contributed by atoms with van der Waals surface area (Å²) in [6.07, 6.45) is 15.9. The van der Waals surface area contributed by atoms with Gasteiger partial charge in [-0.05, 0) is 80.8 Å². The molecule has 0 heterocycles. The molecule has 0 spiro atoms. The van der Waals surface area contributed by atoms with Crippen LogP contribution in [0, 0.1) is 17.8 Å². The van der Waals surface area contributed by atoms with Gasteiger partial charge in [-0.25, -0.2) is 0 Å². The van der Waals surface area contributed by atoms with Crippen LogP contribution in [0.2, 0.25) is 0 Å². The van der Waals surface area contributed by atoms with Crippen LogP contribution >= 0.6 is 0 Å². The first kappa shape index (κ1) is 24.0. The van der Waals surface area contributed by atoms with E-state index in [1.54, 1.807) is 0 Å². The van der Waals surface area contributed by atoms with Crippen molar-refractivity contribution in [3.05, 3.63) is 29.3 Å². The summed E-state index contributed by atoms with van der Waals surface area (Å²) in [6, 6.07) is 6.77. The summed E-state index contributed by atoms with van der Waals surface area (Å²) in [6.45, 7) is 2.70. The Kier molecular flexibility index (Phi) is 7.85. The maximum absolute atomic E-state index is 9.57. The number of aliphatic hydroxyl groups excluding tert-OH is 2. The Morgan fingerprint density at radius 1 is 1.00 bits per heavy atom. The minimum absolute atomic E-state index is 0.189. The van der Waals surface area contributed by atoms with E-state index in [1.807, 2.05) is 0 Å². The quantitative estimate of drug-likeness (QED) is 0.349. The summed E-state index contributed by atoms with van der Waals surface area (Å²) in [4.78, 5) is 0. The molecule has 4 saturated carbocycles. The van der Waals surface area contributed by atoms with Crippen LogP contribution in [0.5, 0.6) is 5.75 Å². The molecule has 5 rings (SSSR count). The van der Waals surface area contributed by atoms with Crippen LogP contribution in [-0.2, 0) is 11.8 Å². The first-order valence-corrected chi connectivity index (χ1v) is 13.3. The smallest absolute Gasteiger partial charge is 0.123 e. The molecule has 2 atom stereocenters. The Bertz CT molecular complexity index is 730. The van der Waals surface area contributed by atoms with Crippen molar-refractivity contribution in [2.45, 2.75) is 101 Å². The number of ether oxygens (including phenoxy) is 1. The van der Waals surface area contributed by atoms with E-state index in [9.17, 15) is 10.2 Å². The van der Waals surface area contributed by atoms with E-state index in [0.29, 0.717) is 11.8 Å². The molecular weight excluding hydrogens is 398 g/mol. The molecule has 4 nitrogen and oxygen atoms in total. The second-order valence-corrected chi connectivity index (χ2v) is 11.3. The molecule has 1 aromatic rings. The lowest BCUT2D eigenvalue weighted by Crippen LogP contribution is -2.47. The molecule has 32 heavy (non-hydrogen) atoms. The summed E-state index contributed by atoms with van der Waals surface area (Å²) in [7, 11) is 0. The van der Waals surface area contributed by atoms with Gasteiger partial charge in [-0.2, -0.15) is 0 Å². The van der Waals surface area contributed by atoms with Crippen LogP contribution < -0.4 is 10.5 Å². The van der Waals surface area contributed by atoms with Gasteiger partial charge in [0.2, 0.25) is 0 Å². The van der Waals surface area contributed by atoms with Gasteiger partial charge in [-0.3, -0.25) is 0 Å². The van der Waals surface area contributed by atoms with E-state index >= 15 is 0 Å². The number of hydrogen-bond acceptors (Lipinski definition) is 4. The first-order chi connectivity index (χ1) is 15.5. The standard InChI is InChI=1S/C28H45NO3/c1-2-3-4-5-6-7-12-32-26-9-8-21(10-11-27(29,19-30)20-31)16-25(26)28-17-22-13-23(18-28)15-24(28)14-22/h8-9,16,22-24,30-31H,2-7,10-15,17-20,29H2,1H3. The van der Waals surface area contributed by atoms with Gasteiger partial charge in [-0.15, -0.1) is 0 Å². The zero-order valence-corrected chi connectivity index (χ0v) is 20.2. The van der Waals surface area contributed by atoms with Crippen molar-refractivity contribution in [1.29, 1.82) is 0 Å². The van der Waals surface area contributed by atoms with E-state index in [0.717, 1.165) is 43.0 Å². The average molecular weight is 444 g/mol. The van der Waals surface area contributed by atoms with Crippen molar-refractivity contribution in [3.8, 4) is 5.75 Å². The van der Waals surface area contributed by atoms with Crippen molar-refractivity contribution in [2.24, 2.45) is 23.5 Å². The van der Waals surface area contributed by atoms with Crippen LogP contribution in [0.3, 0.4) is 0 Å². The monoisotopic (exact) mass is 443 g/mol. The lowest BCUT2D eigenvalue weighted by Gasteiger charge is -2.35. The fraction of sp³-hybridized carbons (Fsp3) is 0.786. The lowest BCUT2D eigenvalue weighted by molar-refractivity contribution is 0.115. The number of unbranched alkanes of at least 4 members (excludes halogenated alkanes) is 5. The van der Waals surface area contributed by atoms with Crippen LogP contribution in [0.25, 0.3) is 0 Å². The van der Waals surface area contributed by atoms with E-state index in [-0.39, 0.29) is 13.2 Å².